The third-order valence-corrected chi connectivity index (χ3v) is 3.54. The molecule has 0 spiro atoms. The first-order valence-electron chi connectivity index (χ1n) is 6.78. The van der Waals surface area contributed by atoms with Crippen LogP contribution >= 0.6 is 0 Å². The summed E-state index contributed by atoms with van der Waals surface area (Å²) in [5, 5.41) is 22.4. The molecule has 0 fully saturated rings. The third-order valence-electron chi connectivity index (χ3n) is 3.54. The van der Waals surface area contributed by atoms with E-state index in [1.807, 2.05) is 0 Å². The Morgan fingerprint density at radius 1 is 1.04 bits per heavy atom. The third kappa shape index (κ3) is 2.69. The Bertz CT molecular complexity index is 982. The largest absolute Gasteiger partial charge is 0.478 e. The molecule has 0 aliphatic rings. The van der Waals surface area contributed by atoms with E-state index in [1.54, 1.807) is 0 Å². The zero-order chi connectivity index (χ0) is 17.4. The number of carboxylic acids is 2. The van der Waals surface area contributed by atoms with E-state index in [1.165, 1.54) is 28.9 Å². The number of fused-ring (bicyclic) bond motifs is 1. The summed E-state index contributed by atoms with van der Waals surface area (Å²) in [6.45, 7) is -0.168. The van der Waals surface area contributed by atoms with Crippen molar-refractivity contribution in [1.82, 2.24) is 9.78 Å². The van der Waals surface area contributed by atoms with Crippen LogP contribution in [0.5, 0.6) is 0 Å². The lowest BCUT2D eigenvalue weighted by atomic mass is 10.1. The van der Waals surface area contributed by atoms with Gasteiger partial charge in [-0.1, -0.05) is 6.07 Å². The predicted octanol–water partition coefficient (Wildman–Crippen LogP) is 2.76. The molecule has 1 aromatic heterocycles. The highest BCUT2D eigenvalue weighted by molar-refractivity contribution is 6.03. The molecule has 0 aliphatic heterocycles. The lowest BCUT2D eigenvalue weighted by molar-refractivity contribution is 0.0683. The van der Waals surface area contributed by atoms with Gasteiger partial charge in [0.2, 0.25) is 0 Å². The molecule has 0 saturated heterocycles. The number of hydrogen-bond acceptors (Lipinski definition) is 3. The maximum Gasteiger partial charge on any atom is 0.357 e. The highest BCUT2D eigenvalue weighted by Gasteiger charge is 2.19. The lowest BCUT2D eigenvalue weighted by Gasteiger charge is -2.06. The Hall–Kier alpha value is -3.29. The highest BCUT2D eigenvalue weighted by Crippen LogP contribution is 2.22. The highest BCUT2D eigenvalue weighted by atomic mass is 19.1. The zero-order valence-electron chi connectivity index (χ0n) is 12.0. The van der Waals surface area contributed by atoms with Crippen molar-refractivity contribution in [2.75, 3.05) is 0 Å². The first-order chi connectivity index (χ1) is 11.4. The molecule has 0 radical (unpaired) electrons. The summed E-state index contributed by atoms with van der Waals surface area (Å²) in [4.78, 5) is 22.4. The van der Waals surface area contributed by atoms with Gasteiger partial charge in [-0.05, 0) is 24.3 Å². The molecule has 6 nitrogen and oxygen atoms in total. The standard InChI is InChI=1S/C16H10F2N2O4/c17-10-3-1-9(12(18)6-10)7-20-13-5-8(15(21)22)2-4-11(13)14(19-20)16(23)24/h1-6H,7H2,(H,21,22)(H,23,24). The fourth-order valence-electron chi connectivity index (χ4n) is 2.40. The van der Waals surface area contributed by atoms with Crippen LogP contribution in [-0.2, 0) is 6.54 Å². The minimum atomic E-state index is -1.29. The predicted molar refractivity (Wildman–Crippen MR) is 79.1 cm³/mol. The zero-order valence-corrected chi connectivity index (χ0v) is 12.0. The molecule has 0 atom stereocenters. The Kier molecular flexibility index (Phi) is 3.72. The Labute approximate surface area is 133 Å². The topological polar surface area (TPSA) is 92.4 Å². The van der Waals surface area contributed by atoms with Crippen molar-refractivity contribution in [3.05, 3.63) is 64.9 Å². The smallest absolute Gasteiger partial charge is 0.357 e. The number of benzene rings is 2. The van der Waals surface area contributed by atoms with E-state index in [4.69, 9.17) is 5.11 Å². The normalized spacial score (nSPS) is 10.9. The number of carboxylic acid groups (broad SMARTS) is 2. The second-order valence-corrected chi connectivity index (χ2v) is 5.08. The summed E-state index contributed by atoms with van der Waals surface area (Å²) in [5.41, 5.74) is -0.000817. The van der Waals surface area contributed by atoms with Gasteiger partial charge in [-0.15, -0.1) is 0 Å². The van der Waals surface area contributed by atoms with Gasteiger partial charge in [0.1, 0.15) is 11.6 Å². The number of rotatable bonds is 4. The van der Waals surface area contributed by atoms with Crippen LogP contribution in [0.3, 0.4) is 0 Å². The van der Waals surface area contributed by atoms with Crippen LogP contribution in [0.1, 0.15) is 26.4 Å². The minimum Gasteiger partial charge on any atom is -0.478 e. The van der Waals surface area contributed by atoms with E-state index >= 15 is 0 Å². The first-order valence-corrected chi connectivity index (χ1v) is 6.78. The Morgan fingerprint density at radius 3 is 2.42 bits per heavy atom. The molecule has 122 valence electrons. The van der Waals surface area contributed by atoms with Gasteiger partial charge < -0.3 is 10.2 Å². The summed E-state index contributed by atoms with van der Waals surface area (Å²) < 4.78 is 28.0. The SMILES string of the molecule is O=C(O)c1ccc2c(C(=O)O)nn(Cc3ccc(F)cc3F)c2c1. The van der Waals surface area contributed by atoms with E-state index in [0.29, 0.717) is 6.07 Å². The van der Waals surface area contributed by atoms with E-state index in [2.05, 4.69) is 5.10 Å². The van der Waals surface area contributed by atoms with Crippen LogP contribution in [0.4, 0.5) is 8.78 Å². The second kappa shape index (κ2) is 5.73. The quantitative estimate of drug-likeness (QED) is 0.766. The number of hydrogen-bond donors (Lipinski definition) is 2. The van der Waals surface area contributed by atoms with Crippen molar-refractivity contribution in [2.24, 2.45) is 0 Å². The summed E-state index contributed by atoms with van der Waals surface area (Å²) in [7, 11) is 0. The van der Waals surface area contributed by atoms with E-state index < -0.39 is 23.6 Å². The Morgan fingerprint density at radius 2 is 1.79 bits per heavy atom. The van der Waals surface area contributed by atoms with Gasteiger partial charge >= 0.3 is 11.9 Å². The van der Waals surface area contributed by atoms with Gasteiger partial charge in [0.05, 0.1) is 17.6 Å². The van der Waals surface area contributed by atoms with Crippen LogP contribution in [-0.4, -0.2) is 31.9 Å². The van der Waals surface area contributed by atoms with E-state index in [9.17, 15) is 23.5 Å². The second-order valence-electron chi connectivity index (χ2n) is 5.08. The number of nitrogens with zero attached hydrogens (tertiary/aromatic N) is 2. The molecule has 0 aliphatic carbocycles. The van der Waals surface area contributed by atoms with Crippen molar-refractivity contribution in [3.8, 4) is 0 Å². The Balaban J connectivity index is 2.16. The molecule has 1 heterocycles. The molecule has 0 amide bonds. The van der Waals surface area contributed by atoms with Crippen molar-refractivity contribution >= 4 is 22.8 Å². The van der Waals surface area contributed by atoms with Gasteiger partial charge in [-0.3, -0.25) is 4.68 Å². The number of aromatic carboxylic acids is 2. The van der Waals surface area contributed by atoms with E-state index in [-0.39, 0.29) is 34.3 Å². The average Bonchev–Trinajstić information content (AvgIpc) is 2.88. The summed E-state index contributed by atoms with van der Waals surface area (Å²) in [6, 6.07) is 6.87. The van der Waals surface area contributed by atoms with Gasteiger partial charge in [0.15, 0.2) is 5.69 Å². The number of halogens is 2. The van der Waals surface area contributed by atoms with Crippen LogP contribution in [0.15, 0.2) is 36.4 Å². The summed E-state index contributed by atoms with van der Waals surface area (Å²) in [6.07, 6.45) is 0. The number of carbonyl (C=O) groups is 2. The fourth-order valence-corrected chi connectivity index (χ4v) is 2.40. The molecule has 2 N–H and O–H groups in total. The molecular weight excluding hydrogens is 322 g/mol. The lowest BCUT2D eigenvalue weighted by Crippen LogP contribution is -2.06. The molecule has 3 aromatic rings. The fraction of sp³-hybridized carbons (Fsp3) is 0.0625. The van der Waals surface area contributed by atoms with Crippen molar-refractivity contribution in [1.29, 1.82) is 0 Å². The van der Waals surface area contributed by atoms with Gasteiger partial charge in [-0.25, -0.2) is 18.4 Å². The van der Waals surface area contributed by atoms with Gasteiger partial charge in [0, 0.05) is 17.0 Å². The van der Waals surface area contributed by atoms with Crippen LogP contribution in [0.2, 0.25) is 0 Å². The van der Waals surface area contributed by atoms with Crippen molar-refractivity contribution in [2.45, 2.75) is 6.54 Å². The van der Waals surface area contributed by atoms with E-state index in [0.717, 1.165) is 6.07 Å². The molecule has 24 heavy (non-hydrogen) atoms. The van der Waals surface area contributed by atoms with Crippen LogP contribution < -0.4 is 0 Å². The van der Waals surface area contributed by atoms with Crippen molar-refractivity contribution < 1.29 is 28.6 Å². The molecule has 2 aromatic carbocycles. The summed E-state index contributed by atoms with van der Waals surface area (Å²) >= 11 is 0. The van der Waals surface area contributed by atoms with Crippen molar-refractivity contribution in [3.63, 3.8) is 0 Å². The maximum atomic E-state index is 13.8. The first kappa shape index (κ1) is 15.6. The molecule has 0 saturated carbocycles. The van der Waals surface area contributed by atoms with Gasteiger partial charge in [-0.2, -0.15) is 5.10 Å². The monoisotopic (exact) mass is 332 g/mol. The van der Waals surface area contributed by atoms with Crippen LogP contribution in [0, 0.1) is 11.6 Å². The molecule has 0 bridgehead atoms. The average molecular weight is 332 g/mol. The molecular formula is C16H10F2N2O4. The molecule has 8 heteroatoms. The molecule has 0 unspecified atom stereocenters. The summed E-state index contributed by atoms with van der Waals surface area (Å²) in [5.74, 6) is -4.01. The molecule has 3 rings (SSSR count). The van der Waals surface area contributed by atoms with Gasteiger partial charge in [0.25, 0.3) is 0 Å². The minimum absolute atomic E-state index is 0.0554. The van der Waals surface area contributed by atoms with Crippen LogP contribution in [0.25, 0.3) is 10.9 Å². The number of aromatic nitrogens is 2. The maximum absolute atomic E-state index is 13.8.